The number of hydrazine groups is 1. The third-order valence-electron chi connectivity index (χ3n) is 1.93. The van der Waals surface area contributed by atoms with Gasteiger partial charge in [0.15, 0.2) is 11.5 Å². The molecule has 1 rings (SSSR count). The van der Waals surface area contributed by atoms with Gasteiger partial charge in [-0.1, -0.05) is 0 Å². The number of ether oxygens (including phenoxy) is 2. The molecule has 0 fully saturated rings. The lowest BCUT2D eigenvalue weighted by atomic mass is 10.2. The summed E-state index contributed by atoms with van der Waals surface area (Å²) in [5.74, 6) is 2.31. The van der Waals surface area contributed by atoms with Crippen LogP contribution in [0.3, 0.4) is 0 Å². The molecule has 96 valence electrons. The van der Waals surface area contributed by atoms with Crippen molar-refractivity contribution in [3.05, 3.63) is 23.8 Å². The van der Waals surface area contributed by atoms with E-state index in [0.717, 1.165) is 6.07 Å². The van der Waals surface area contributed by atoms with E-state index in [1.54, 1.807) is 6.07 Å². The summed E-state index contributed by atoms with van der Waals surface area (Å²) in [5.41, 5.74) is 1.48. The normalized spacial score (nSPS) is 10.4. The van der Waals surface area contributed by atoms with Crippen molar-refractivity contribution in [2.75, 3.05) is 7.11 Å². The fraction of sp³-hybridized carbons (Fsp3) is 0.200. The van der Waals surface area contributed by atoms with Crippen molar-refractivity contribution in [3.63, 3.8) is 0 Å². The Morgan fingerprint density at radius 3 is 2.67 bits per heavy atom. The van der Waals surface area contributed by atoms with Crippen LogP contribution in [-0.4, -0.2) is 19.1 Å². The first kappa shape index (κ1) is 13.7. The van der Waals surface area contributed by atoms with Crippen LogP contribution in [0.1, 0.15) is 5.56 Å². The quantitative estimate of drug-likeness (QED) is 0.466. The minimum atomic E-state index is -4.14. The van der Waals surface area contributed by atoms with Crippen LogP contribution in [0, 0.1) is 11.3 Å². The van der Waals surface area contributed by atoms with Gasteiger partial charge in [0.2, 0.25) is 0 Å². The molecule has 6 nitrogen and oxygen atoms in total. The highest BCUT2D eigenvalue weighted by Crippen LogP contribution is 2.32. The highest BCUT2D eigenvalue weighted by atomic mass is 19.3. The fourth-order valence-electron chi connectivity index (χ4n) is 1.09. The highest BCUT2D eigenvalue weighted by Gasteiger charge is 2.42. The molecular weight excluding hydrogens is 248 g/mol. The Balaban J connectivity index is 3.05. The van der Waals surface area contributed by atoms with Crippen molar-refractivity contribution >= 4 is 5.91 Å². The number of carbonyl (C=O) groups excluding carboxylic acids is 1. The lowest BCUT2D eigenvalue weighted by Crippen LogP contribution is -2.47. The number of hydrogen-bond acceptors (Lipinski definition) is 5. The minimum absolute atomic E-state index is 0.0986. The van der Waals surface area contributed by atoms with Gasteiger partial charge in [0, 0.05) is 6.07 Å². The summed E-state index contributed by atoms with van der Waals surface area (Å²) in [6.07, 6.45) is -4.14. The number of nitrogens with one attached hydrogen (secondary N) is 1. The first-order valence-electron chi connectivity index (χ1n) is 4.60. The minimum Gasteiger partial charge on any atom is -0.493 e. The Kier molecular flexibility index (Phi) is 4.01. The molecule has 0 unspecified atom stereocenters. The maximum absolute atomic E-state index is 13.2. The van der Waals surface area contributed by atoms with Gasteiger partial charge in [-0.05, 0) is 12.1 Å². The van der Waals surface area contributed by atoms with Crippen LogP contribution in [0.2, 0.25) is 0 Å². The second-order valence-electron chi connectivity index (χ2n) is 3.07. The van der Waals surface area contributed by atoms with Crippen LogP contribution >= 0.6 is 0 Å². The largest absolute Gasteiger partial charge is 0.493 e. The smallest absolute Gasteiger partial charge is 0.483 e. The van der Waals surface area contributed by atoms with Crippen LogP contribution in [0.4, 0.5) is 8.78 Å². The Bertz CT molecular complexity index is 500. The van der Waals surface area contributed by atoms with Gasteiger partial charge in [-0.3, -0.25) is 10.2 Å². The fourth-order valence-corrected chi connectivity index (χ4v) is 1.09. The standard InChI is InChI=1S/C10H9F2N3O3/c1-17-8-4-6(5-13)2-3-7(8)18-10(11,12)9(16)15-14/h2-4H,14H2,1H3,(H,15,16). The van der Waals surface area contributed by atoms with Crippen molar-refractivity contribution in [1.82, 2.24) is 5.43 Å². The summed E-state index contributed by atoms with van der Waals surface area (Å²) < 4.78 is 35.3. The van der Waals surface area contributed by atoms with E-state index in [9.17, 15) is 13.6 Å². The Morgan fingerprint density at radius 1 is 1.50 bits per heavy atom. The number of benzene rings is 1. The Morgan fingerprint density at radius 2 is 2.17 bits per heavy atom. The topological polar surface area (TPSA) is 97.4 Å². The van der Waals surface area contributed by atoms with Gasteiger partial charge in [0.1, 0.15) is 0 Å². The number of nitriles is 1. The first-order chi connectivity index (χ1) is 8.44. The summed E-state index contributed by atoms with van der Waals surface area (Å²) in [5, 5.41) is 8.63. The van der Waals surface area contributed by atoms with Crippen LogP contribution in [0.15, 0.2) is 18.2 Å². The third-order valence-corrected chi connectivity index (χ3v) is 1.93. The van der Waals surface area contributed by atoms with Gasteiger partial charge >= 0.3 is 12.0 Å². The Hall–Kier alpha value is -2.40. The summed E-state index contributed by atoms with van der Waals surface area (Å²) >= 11 is 0. The lowest BCUT2D eigenvalue weighted by Gasteiger charge is -2.17. The molecule has 0 bridgehead atoms. The summed E-state index contributed by atoms with van der Waals surface area (Å²) in [4.78, 5) is 10.8. The predicted molar refractivity (Wildman–Crippen MR) is 55.6 cm³/mol. The molecule has 0 aliphatic rings. The average Bonchev–Trinajstić information content (AvgIpc) is 2.37. The van der Waals surface area contributed by atoms with E-state index in [2.05, 4.69) is 10.6 Å². The summed E-state index contributed by atoms with van der Waals surface area (Å²) in [6.45, 7) is 0. The van der Waals surface area contributed by atoms with Gasteiger partial charge < -0.3 is 9.47 Å². The Labute approximate surface area is 101 Å². The zero-order valence-electron chi connectivity index (χ0n) is 9.24. The first-order valence-corrected chi connectivity index (χ1v) is 4.60. The maximum atomic E-state index is 13.2. The van der Waals surface area contributed by atoms with Gasteiger partial charge in [0.25, 0.3) is 0 Å². The lowest BCUT2D eigenvalue weighted by molar-refractivity contribution is -0.193. The van der Waals surface area contributed by atoms with Crippen molar-refractivity contribution in [3.8, 4) is 17.6 Å². The molecule has 0 atom stereocenters. The maximum Gasteiger partial charge on any atom is 0.483 e. The van der Waals surface area contributed by atoms with Crippen LogP contribution < -0.4 is 20.7 Å². The molecule has 18 heavy (non-hydrogen) atoms. The molecule has 0 aliphatic heterocycles. The summed E-state index contributed by atoms with van der Waals surface area (Å²) in [7, 11) is 1.21. The average molecular weight is 257 g/mol. The zero-order valence-corrected chi connectivity index (χ0v) is 9.24. The zero-order chi connectivity index (χ0) is 13.8. The molecule has 0 aromatic heterocycles. The molecule has 0 saturated carbocycles. The van der Waals surface area contributed by atoms with Gasteiger partial charge in [0.05, 0.1) is 18.7 Å². The van der Waals surface area contributed by atoms with Gasteiger partial charge in [-0.25, -0.2) is 5.84 Å². The third kappa shape index (κ3) is 2.83. The van der Waals surface area contributed by atoms with E-state index >= 15 is 0 Å². The second-order valence-corrected chi connectivity index (χ2v) is 3.07. The highest BCUT2D eigenvalue weighted by molar-refractivity contribution is 5.81. The van der Waals surface area contributed by atoms with Crippen LogP contribution in [0.5, 0.6) is 11.5 Å². The molecule has 0 saturated heterocycles. The van der Waals surface area contributed by atoms with E-state index < -0.39 is 12.0 Å². The molecule has 0 spiro atoms. The van der Waals surface area contributed by atoms with Gasteiger partial charge in [-0.2, -0.15) is 14.0 Å². The molecule has 0 radical (unpaired) electrons. The van der Waals surface area contributed by atoms with Gasteiger partial charge in [-0.15, -0.1) is 0 Å². The van der Waals surface area contributed by atoms with E-state index in [0.29, 0.717) is 0 Å². The van der Waals surface area contributed by atoms with Crippen molar-refractivity contribution in [2.24, 2.45) is 5.84 Å². The number of nitrogens with two attached hydrogens (primary N) is 1. The molecule has 0 heterocycles. The van der Waals surface area contributed by atoms with Crippen LogP contribution in [0.25, 0.3) is 0 Å². The number of rotatable bonds is 4. The predicted octanol–water partition coefficient (Wildman–Crippen LogP) is 0.528. The number of nitrogens with zero attached hydrogens (tertiary/aromatic N) is 1. The van der Waals surface area contributed by atoms with Crippen molar-refractivity contribution in [2.45, 2.75) is 6.11 Å². The van der Waals surface area contributed by atoms with Crippen molar-refractivity contribution in [1.29, 1.82) is 5.26 Å². The monoisotopic (exact) mass is 257 g/mol. The molecule has 3 N–H and O–H groups in total. The molecule has 8 heteroatoms. The SMILES string of the molecule is COc1cc(C#N)ccc1OC(F)(F)C(=O)NN. The molecule has 1 amide bonds. The molecule has 1 aromatic rings. The van der Waals surface area contributed by atoms with E-state index in [1.165, 1.54) is 24.7 Å². The van der Waals surface area contributed by atoms with E-state index in [1.807, 2.05) is 0 Å². The molecule has 1 aromatic carbocycles. The number of hydrogen-bond donors (Lipinski definition) is 2. The van der Waals surface area contributed by atoms with Crippen LogP contribution in [-0.2, 0) is 4.79 Å². The van der Waals surface area contributed by atoms with E-state index in [-0.39, 0.29) is 17.1 Å². The number of alkyl halides is 2. The number of methoxy groups -OCH3 is 1. The summed E-state index contributed by atoms with van der Waals surface area (Å²) in [6, 6.07) is 5.34. The number of halogens is 2. The second kappa shape index (κ2) is 5.29. The van der Waals surface area contributed by atoms with Crippen molar-refractivity contribution < 1.29 is 23.0 Å². The molecule has 0 aliphatic carbocycles. The van der Waals surface area contributed by atoms with E-state index in [4.69, 9.17) is 10.00 Å². The molecular formula is C10H9F2N3O3. The number of carbonyl (C=O) groups is 1. The number of amides is 1.